The molecule has 1 heterocycles. The number of carbonyl (C=O) groups is 1. The summed E-state index contributed by atoms with van der Waals surface area (Å²) in [6.45, 7) is 2.25. The van der Waals surface area contributed by atoms with E-state index < -0.39 is 0 Å². The summed E-state index contributed by atoms with van der Waals surface area (Å²) in [5, 5.41) is 20.8. The van der Waals surface area contributed by atoms with Crippen LogP contribution < -0.4 is 5.32 Å². The van der Waals surface area contributed by atoms with E-state index in [9.17, 15) is 9.90 Å². The van der Waals surface area contributed by atoms with E-state index >= 15 is 0 Å². The lowest BCUT2D eigenvalue weighted by Gasteiger charge is -2.35. The second-order valence-corrected chi connectivity index (χ2v) is 7.20. The first-order valence-electron chi connectivity index (χ1n) is 8.52. The van der Waals surface area contributed by atoms with E-state index in [1.165, 1.54) is 12.8 Å². The van der Waals surface area contributed by atoms with E-state index in [0.717, 1.165) is 29.4 Å². The topological polar surface area (TPSA) is 78.0 Å². The number of fused-ring (bicyclic) bond motifs is 3. The SMILES string of the molecule is Cc1[nH]nc2ccc(C(=O)NC3[C@@H]4CC[C@H]3CC(CO)C4)cc12. The van der Waals surface area contributed by atoms with Crippen molar-refractivity contribution in [3.8, 4) is 0 Å². The van der Waals surface area contributed by atoms with Gasteiger partial charge in [-0.2, -0.15) is 5.10 Å². The minimum Gasteiger partial charge on any atom is -0.396 e. The molecule has 4 rings (SSSR count). The third kappa shape index (κ3) is 2.53. The molecule has 122 valence electrons. The Morgan fingerprint density at radius 3 is 2.78 bits per heavy atom. The number of amides is 1. The first-order valence-corrected chi connectivity index (χ1v) is 8.52. The van der Waals surface area contributed by atoms with Crippen molar-refractivity contribution in [1.82, 2.24) is 15.5 Å². The lowest BCUT2D eigenvalue weighted by molar-refractivity contribution is 0.0849. The van der Waals surface area contributed by atoms with Crippen molar-refractivity contribution in [2.75, 3.05) is 6.61 Å². The molecule has 2 aliphatic carbocycles. The van der Waals surface area contributed by atoms with Crippen molar-refractivity contribution < 1.29 is 9.90 Å². The van der Waals surface area contributed by atoms with Gasteiger partial charge in [0.15, 0.2) is 0 Å². The number of nitrogens with zero attached hydrogens (tertiary/aromatic N) is 1. The van der Waals surface area contributed by atoms with Crippen molar-refractivity contribution in [1.29, 1.82) is 0 Å². The fraction of sp³-hybridized carbons (Fsp3) is 0.556. The Bertz CT molecular complexity index is 725. The summed E-state index contributed by atoms with van der Waals surface area (Å²) in [5.41, 5.74) is 2.58. The number of nitrogens with one attached hydrogen (secondary N) is 2. The lowest BCUT2D eigenvalue weighted by atomic mass is 9.77. The Morgan fingerprint density at radius 2 is 2.09 bits per heavy atom. The van der Waals surface area contributed by atoms with Crippen molar-refractivity contribution >= 4 is 16.8 Å². The number of aliphatic hydroxyl groups is 1. The fourth-order valence-corrected chi connectivity index (χ4v) is 4.55. The van der Waals surface area contributed by atoms with Crippen LogP contribution in [0.15, 0.2) is 18.2 Å². The molecule has 5 heteroatoms. The molecule has 0 radical (unpaired) electrons. The highest BCUT2D eigenvalue weighted by molar-refractivity contribution is 5.98. The molecular weight excluding hydrogens is 290 g/mol. The van der Waals surface area contributed by atoms with Gasteiger partial charge in [-0.25, -0.2) is 0 Å². The second kappa shape index (κ2) is 5.64. The predicted molar refractivity (Wildman–Crippen MR) is 88.1 cm³/mol. The van der Waals surface area contributed by atoms with Crippen molar-refractivity contribution in [3.63, 3.8) is 0 Å². The van der Waals surface area contributed by atoms with Gasteiger partial charge in [0.1, 0.15) is 0 Å². The van der Waals surface area contributed by atoms with E-state index in [1.54, 1.807) is 0 Å². The zero-order valence-electron chi connectivity index (χ0n) is 13.4. The molecule has 1 aromatic heterocycles. The number of aromatic amines is 1. The van der Waals surface area contributed by atoms with Crippen LogP contribution in [0.5, 0.6) is 0 Å². The van der Waals surface area contributed by atoms with Gasteiger partial charge in [0.2, 0.25) is 0 Å². The number of aryl methyl sites for hydroxylation is 1. The predicted octanol–water partition coefficient (Wildman–Crippen LogP) is 2.40. The zero-order valence-corrected chi connectivity index (χ0v) is 13.4. The molecule has 5 nitrogen and oxygen atoms in total. The van der Waals surface area contributed by atoms with Crippen molar-refractivity contribution in [3.05, 3.63) is 29.5 Å². The number of hydrogen-bond donors (Lipinski definition) is 3. The standard InChI is InChI=1S/C18H23N3O2/c1-10-15-8-14(4-5-16(15)21-20-10)18(23)19-17-12-2-3-13(17)7-11(6-12)9-22/h4-5,8,11-13,17,22H,2-3,6-7,9H2,1H3,(H,19,23)(H,20,21)/t11?,12-,13+,17?. The normalized spacial score (nSPS) is 29.8. The van der Waals surface area contributed by atoms with E-state index in [2.05, 4.69) is 15.5 Å². The Hall–Kier alpha value is -1.88. The summed E-state index contributed by atoms with van der Waals surface area (Å²) in [6, 6.07) is 5.93. The fourth-order valence-electron chi connectivity index (χ4n) is 4.55. The number of H-pyrrole nitrogens is 1. The van der Waals surface area contributed by atoms with Gasteiger partial charge in [-0.3, -0.25) is 9.89 Å². The summed E-state index contributed by atoms with van der Waals surface area (Å²) in [7, 11) is 0. The molecule has 2 unspecified atom stereocenters. The molecule has 1 amide bonds. The van der Waals surface area contributed by atoms with Gasteiger partial charge in [-0.1, -0.05) is 0 Å². The van der Waals surface area contributed by atoms with Crippen LogP contribution >= 0.6 is 0 Å². The van der Waals surface area contributed by atoms with Crippen LogP contribution in [0.1, 0.15) is 41.7 Å². The van der Waals surface area contributed by atoms with Gasteiger partial charge in [-0.15, -0.1) is 0 Å². The van der Waals surface area contributed by atoms with Crippen LogP contribution in [0.25, 0.3) is 10.9 Å². The molecule has 4 atom stereocenters. The Morgan fingerprint density at radius 1 is 1.35 bits per heavy atom. The van der Waals surface area contributed by atoms with Crippen LogP contribution in [0.3, 0.4) is 0 Å². The summed E-state index contributed by atoms with van der Waals surface area (Å²) in [5.74, 6) is 1.48. The van der Waals surface area contributed by atoms with E-state index in [0.29, 0.717) is 23.3 Å². The Labute approximate surface area is 135 Å². The molecule has 3 N–H and O–H groups in total. The molecule has 2 bridgehead atoms. The van der Waals surface area contributed by atoms with E-state index in [-0.39, 0.29) is 18.6 Å². The molecule has 0 aliphatic heterocycles. The molecule has 23 heavy (non-hydrogen) atoms. The third-order valence-corrected chi connectivity index (χ3v) is 5.76. The van der Waals surface area contributed by atoms with Crippen LogP contribution in [0.4, 0.5) is 0 Å². The highest BCUT2D eigenvalue weighted by Gasteiger charge is 2.43. The van der Waals surface area contributed by atoms with Crippen molar-refractivity contribution in [2.24, 2.45) is 17.8 Å². The molecule has 2 aliphatic rings. The maximum Gasteiger partial charge on any atom is 0.251 e. The Kier molecular flexibility index (Phi) is 3.60. The van der Waals surface area contributed by atoms with Crippen LogP contribution in [-0.4, -0.2) is 33.9 Å². The molecule has 0 spiro atoms. The molecule has 2 saturated carbocycles. The second-order valence-electron chi connectivity index (χ2n) is 7.20. The number of benzene rings is 1. The number of rotatable bonds is 3. The minimum absolute atomic E-state index is 0.0110. The van der Waals surface area contributed by atoms with Gasteiger partial charge in [-0.05, 0) is 68.6 Å². The van der Waals surface area contributed by atoms with Gasteiger partial charge in [0.25, 0.3) is 5.91 Å². The lowest BCUT2D eigenvalue weighted by Crippen LogP contribution is -2.45. The maximum absolute atomic E-state index is 12.7. The first-order chi connectivity index (χ1) is 11.2. The number of hydrogen-bond acceptors (Lipinski definition) is 3. The van der Waals surface area contributed by atoms with Gasteiger partial charge < -0.3 is 10.4 Å². The quantitative estimate of drug-likeness (QED) is 0.814. The Balaban J connectivity index is 1.52. The summed E-state index contributed by atoms with van der Waals surface area (Å²) in [6.07, 6.45) is 4.42. The summed E-state index contributed by atoms with van der Waals surface area (Å²) < 4.78 is 0. The molecule has 0 saturated heterocycles. The van der Waals surface area contributed by atoms with E-state index in [1.807, 2.05) is 25.1 Å². The van der Waals surface area contributed by atoms with Gasteiger partial charge >= 0.3 is 0 Å². The molecule has 2 fully saturated rings. The first kappa shape index (κ1) is 14.7. The number of aliphatic hydroxyl groups excluding tert-OH is 1. The zero-order chi connectivity index (χ0) is 16.0. The summed E-state index contributed by atoms with van der Waals surface area (Å²) in [4.78, 5) is 12.7. The molecule has 2 aromatic rings. The minimum atomic E-state index is 0.0110. The maximum atomic E-state index is 12.7. The number of aromatic nitrogens is 2. The average molecular weight is 313 g/mol. The van der Waals surface area contributed by atoms with Gasteiger partial charge in [0, 0.05) is 29.3 Å². The highest BCUT2D eigenvalue weighted by Crippen LogP contribution is 2.44. The highest BCUT2D eigenvalue weighted by atomic mass is 16.3. The third-order valence-electron chi connectivity index (χ3n) is 5.76. The van der Waals surface area contributed by atoms with Crippen LogP contribution in [-0.2, 0) is 0 Å². The smallest absolute Gasteiger partial charge is 0.251 e. The van der Waals surface area contributed by atoms with Crippen molar-refractivity contribution in [2.45, 2.75) is 38.6 Å². The van der Waals surface area contributed by atoms with Crippen LogP contribution in [0.2, 0.25) is 0 Å². The van der Waals surface area contributed by atoms with E-state index in [4.69, 9.17) is 0 Å². The largest absolute Gasteiger partial charge is 0.396 e. The monoisotopic (exact) mass is 313 g/mol. The molecular formula is C18H23N3O2. The molecule has 1 aromatic carbocycles. The number of carbonyl (C=O) groups excluding carboxylic acids is 1. The summed E-state index contributed by atoms with van der Waals surface area (Å²) >= 11 is 0. The average Bonchev–Trinajstić information content (AvgIpc) is 3.03. The van der Waals surface area contributed by atoms with Crippen LogP contribution in [0, 0.1) is 24.7 Å². The van der Waals surface area contributed by atoms with Gasteiger partial charge in [0.05, 0.1) is 5.52 Å².